The second-order valence-corrected chi connectivity index (χ2v) is 6.35. The van der Waals surface area contributed by atoms with Gasteiger partial charge in [-0.3, -0.25) is 4.79 Å². The summed E-state index contributed by atoms with van der Waals surface area (Å²) in [5, 5.41) is 15.7. The van der Waals surface area contributed by atoms with Crippen LogP contribution in [0.1, 0.15) is 34.7 Å². The minimum Gasteiger partial charge on any atom is -0.480 e. The lowest BCUT2D eigenvalue weighted by atomic mass is 9.84. The molecule has 2 aromatic heterocycles. The maximum absolute atomic E-state index is 12.4. The van der Waals surface area contributed by atoms with Gasteiger partial charge in [-0.25, -0.2) is 0 Å². The summed E-state index contributed by atoms with van der Waals surface area (Å²) in [4.78, 5) is 12.4. The second kappa shape index (κ2) is 6.25. The van der Waals surface area contributed by atoms with Crippen molar-refractivity contribution in [2.45, 2.75) is 26.2 Å². The van der Waals surface area contributed by atoms with Crippen molar-refractivity contribution in [3.05, 3.63) is 58.8 Å². The molecule has 0 aliphatic carbocycles. The molecule has 0 saturated carbocycles. The highest BCUT2D eigenvalue weighted by Crippen LogP contribution is 2.40. The first-order chi connectivity index (χ1) is 12.6. The summed E-state index contributed by atoms with van der Waals surface area (Å²) >= 11 is 0. The molecule has 1 aliphatic heterocycles. The van der Waals surface area contributed by atoms with E-state index in [1.54, 1.807) is 16.8 Å². The number of rotatable bonds is 3. The minimum absolute atomic E-state index is 0.0279. The molecule has 4 rings (SSSR count). The number of benzene rings is 1. The van der Waals surface area contributed by atoms with E-state index < -0.39 is 0 Å². The van der Waals surface area contributed by atoms with Crippen LogP contribution < -0.4 is 10.1 Å². The van der Waals surface area contributed by atoms with Gasteiger partial charge in [0.2, 0.25) is 11.8 Å². The molecule has 1 atom stereocenters. The number of carbonyl (C=O) groups is 1. The molecule has 1 N–H and O–H groups in total. The van der Waals surface area contributed by atoms with Crippen LogP contribution in [-0.2, 0) is 4.79 Å². The molecule has 0 bridgehead atoms. The van der Waals surface area contributed by atoms with Gasteiger partial charge in [-0.15, -0.1) is 10.2 Å². The standard InChI is InChI=1S/C19H19N5O2/c1-11-6-4-5-7-13(11)14-10-16(25)20-19-18(14)12(2)23-24(19)15-8-9-17(26-3)22-21-15/h4-9,14H,10H2,1-3H3,(H,20,25)/t14-/m0/s1. The lowest BCUT2D eigenvalue weighted by Gasteiger charge is -2.25. The van der Waals surface area contributed by atoms with Gasteiger partial charge >= 0.3 is 0 Å². The Morgan fingerprint density at radius 3 is 2.65 bits per heavy atom. The Labute approximate surface area is 151 Å². The van der Waals surface area contributed by atoms with E-state index in [-0.39, 0.29) is 11.8 Å². The Bertz CT molecular complexity index is 978. The van der Waals surface area contributed by atoms with Crippen molar-refractivity contribution in [2.24, 2.45) is 0 Å². The predicted molar refractivity (Wildman–Crippen MR) is 96.7 cm³/mol. The van der Waals surface area contributed by atoms with E-state index >= 15 is 0 Å². The molecule has 7 heteroatoms. The topological polar surface area (TPSA) is 81.9 Å². The van der Waals surface area contributed by atoms with Gasteiger partial charge in [-0.1, -0.05) is 24.3 Å². The highest BCUT2D eigenvalue weighted by molar-refractivity contribution is 5.95. The lowest BCUT2D eigenvalue weighted by Crippen LogP contribution is -2.25. The molecule has 3 aromatic rings. The Morgan fingerprint density at radius 1 is 1.15 bits per heavy atom. The van der Waals surface area contributed by atoms with Gasteiger partial charge < -0.3 is 10.1 Å². The Morgan fingerprint density at radius 2 is 1.96 bits per heavy atom. The fraction of sp³-hybridized carbons (Fsp3) is 0.263. The lowest BCUT2D eigenvalue weighted by molar-refractivity contribution is -0.116. The summed E-state index contributed by atoms with van der Waals surface area (Å²) < 4.78 is 6.69. The fourth-order valence-corrected chi connectivity index (χ4v) is 3.49. The minimum atomic E-state index is -0.0339. The number of nitrogens with one attached hydrogen (secondary N) is 1. The Kier molecular flexibility index (Phi) is 3.91. The van der Waals surface area contributed by atoms with Crippen LogP contribution in [-0.4, -0.2) is 33.0 Å². The van der Waals surface area contributed by atoms with E-state index in [1.807, 2.05) is 19.1 Å². The van der Waals surface area contributed by atoms with Gasteiger partial charge in [-0.2, -0.15) is 9.78 Å². The number of amides is 1. The van der Waals surface area contributed by atoms with E-state index in [1.165, 1.54) is 7.11 Å². The van der Waals surface area contributed by atoms with E-state index in [2.05, 4.69) is 39.7 Å². The van der Waals surface area contributed by atoms with Crippen LogP contribution in [0.2, 0.25) is 0 Å². The third kappa shape index (κ3) is 2.61. The van der Waals surface area contributed by atoms with Crippen LogP contribution in [0.3, 0.4) is 0 Å². The SMILES string of the molecule is COc1ccc(-n2nc(C)c3c2NC(=O)C[C@H]3c2ccccc2C)nn1. The number of aryl methyl sites for hydroxylation is 2. The molecule has 0 saturated heterocycles. The van der Waals surface area contributed by atoms with Crippen LogP contribution in [0.5, 0.6) is 5.88 Å². The number of aromatic nitrogens is 4. The van der Waals surface area contributed by atoms with Gasteiger partial charge in [0, 0.05) is 24.0 Å². The van der Waals surface area contributed by atoms with Crippen molar-refractivity contribution in [1.29, 1.82) is 0 Å². The number of hydrogen-bond donors (Lipinski definition) is 1. The Hall–Kier alpha value is -3.22. The Balaban J connectivity index is 1.86. The third-order valence-corrected chi connectivity index (χ3v) is 4.72. The molecule has 1 aromatic carbocycles. The van der Waals surface area contributed by atoms with Crippen molar-refractivity contribution >= 4 is 11.7 Å². The molecular formula is C19H19N5O2. The first kappa shape index (κ1) is 16.3. The molecule has 0 unspecified atom stereocenters. The van der Waals surface area contributed by atoms with Crippen molar-refractivity contribution in [1.82, 2.24) is 20.0 Å². The number of carbonyl (C=O) groups excluding carboxylic acids is 1. The predicted octanol–water partition coefficient (Wildman–Crippen LogP) is 2.76. The fourth-order valence-electron chi connectivity index (χ4n) is 3.49. The molecule has 1 aliphatic rings. The van der Waals surface area contributed by atoms with Gasteiger partial charge in [-0.05, 0) is 31.0 Å². The maximum atomic E-state index is 12.4. The van der Waals surface area contributed by atoms with Crippen molar-refractivity contribution in [2.75, 3.05) is 12.4 Å². The number of hydrogen-bond acceptors (Lipinski definition) is 5. The zero-order valence-electron chi connectivity index (χ0n) is 14.9. The van der Waals surface area contributed by atoms with Crippen molar-refractivity contribution in [3.8, 4) is 11.7 Å². The second-order valence-electron chi connectivity index (χ2n) is 6.35. The normalized spacial score (nSPS) is 16.1. The average Bonchev–Trinajstić information content (AvgIpc) is 2.98. The first-order valence-corrected chi connectivity index (χ1v) is 8.41. The molecule has 26 heavy (non-hydrogen) atoms. The zero-order valence-corrected chi connectivity index (χ0v) is 14.9. The van der Waals surface area contributed by atoms with Gasteiger partial charge in [0.15, 0.2) is 5.82 Å². The number of nitrogens with zero attached hydrogens (tertiary/aromatic N) is 4. The summed E-state index contributed by atoms with van der Waals surface area (Å²) in [6.07, 6.45) is 0.401. The largest absolute Gasteiger partial charge is 0.480 e. The van der Waals surface area contributed by atoms with Gasteiger partial charge in [0.25, 0.3) is 0 Å². The molecule has 132 valence electrons. The molecule has 0 fully saturated rings. The van der Waals surface area contributed by atoms with Crippen LogP contribution in [0.15, 0.2) is 36.4 Å². The number of anilines is 1. The number of methoxy groups -OCH3 is 1. The van der Waals surface area contributed by atoms with Crippen LogP contribution in [0.4, 0.5) is 5.82 Å². The average molecular weight is 349 g/mol. The summed E-state index contributed by atoms with van der Waals surface area (Å²) in [6, 6.07) is 11.6. The summed E-state index contributed by atoms with van der Waals surface area (Å²) in [6.45, 7) is 4.02. The smallest absolute Gasteiger partial charge is 0.233 e. The molecule has 0 radical (unpaired) electrons. The van der Waals surface area contributed by atoms with Crippen LogP contribution >= 0.6 is 0 Å². The molecule has 7 nitrogen and oxygen atoms in total. The quantitative estimate of drug-likeness (QED) is 0.786. The summed E-state index contributed by atoms with van der Waals surface area (Å²) in [5.41, 5.74) is 4.20. The first-order valence-electron chi connectivity index (χ1n) is 8.41. The molecular weight excluding hydrogens is 330 g/mol. The van der Waals surface area contributed by atoms with Gasteiger partial charge in [0.05, 0.1) is 12.8 Å². The molecule has 3 heterocycles. The van der Waals surface area contributed by atoms with E-state index in [0.29, 0.717) is 23.9 Å². The summed E-state index contributed by atoms with van der Waals surface area (Å²) in [5.74, 6) is 1.55. The van der Waals surface area contributed by atoms with Crippen LogP contribution in [0.25, 0.3) is 5.82 Å². The maximum Gasteiger partial charge on any atom is 0.233 e. The van der Waals surface area contributed by atoms with E-state index in [9.17, 15) is 4.79 Å². The zero-order chi connectivity index (χ0) is 18.3. The highest BCUT2D eigenvalue weighted by atomic mass is 16.5. The molecule has 1 amide bonds. The summed E-state index contributed by atoms with van der Waals surface area (Å²) in [7, 11) is 1.54. The van der Waals surface area contributed by atoms with Crippen molar-refractivity contribution in [3.63, 3.8) is 0 Å². The van der Waals surface area contributed by atoms with Crippen LogP contribution in [0, 0.1) is 13.8 Å². The van der Waals surface area contributed by atoms with Crippen molar-refractivity contribution < 1.29 is 9.53 Å². The van der Waals surface area contributed by atoms with E-state index in [4.69, 9.17) is 4.74 Å². The monoisotopic (exact) mass is 349 g/mol. The number of ether oxygens (including phenoxy) is 1. The number of fused-ring (bicyclic) bond motifs is 1. The third-order valence-electron chi connectivity index (χ3n) is 4.72. The van der Waals surface area contributed by atoms with E-state index in [0.717, 1.165) is 22.4 Å². The highest BCUT2D eigenvalue weighted by Gasteiger charge is 2.33. The van der Waals surface area contributed by atoms with Gasteiger partial charge in [0.1, 0.15) is 5.82 Å². The molecule has 0 spiro atoms.